The van der Waals surface area contributed by atoms with Gasteiger partial charge in [0.05, 0.1) is 18.9 Å². The van der Waals surface area contributed by atoms with Gasteiger partial charge in [-0.2, -0.15) is 0 Å². The highest BCUT2D eigenvalue weighted by molar-refractivity contribution is 5.79. The van der Waals surface area contributed by atoms with Gasteiger partial charge in [-0.05, 0) is 19.4 Å². The lowest BCUT2D eigenvalue weighted by molar-refractivity contribution is 0.0372. The van der Waals surface area contributed by atoms with Crippen molar-refractivity contribution in [3.8, 4) is 0 Å². The topological polar surface area (TPSA) is 69.4 Å². The summed E-state index contributed by atoms with van der Waals surface area (Å²) in [6.07, 6.45) is 4.02. The lowest BCUT2D eigenvalue weighted by Gasteiger charge is -2.36. The number of hydrogen-bond donors (Lipinski definition) is 1. The Balaban J connectivity index is 1.29. The van der Waals surface area contributed by atoms with Crippen molar-refractivity contribution in [2.75, 3.05) is 72.6 Å². The zero-order valence-electron chi connectivity index (χ0n) is 15.9. The van der Waals surface area contributed by atoms with E-state index in [1.54, 1.807) is 6.26 Å². The molecule has 146 valence electrons. The van der Waals surface area contributed by atoms with Gasteiger partial charge in [0.1, 0.15) is 6.26 Å². The van der Waals surface area contributed by atoms with Crippen LogP contribution >= 0.6 is 0 Å². The predicted molar refractivity (Wildman–Crippen MR) is 101 cm³/mol. The van der Waals surface area contributed by atoms with Gasteiger partial charge < -0.3 is 19.5 Å². The number of nitrogens with zero attached hydrogens (tertiary/aromatic N) is 5. The molecule has 0 spiro atoms. The number of aromatic nitrogens is 1. The molecule has 2 aliphatic heterocycles. The smallest absolute Gasteiger partial charge is 0.193 e. The fourth-order valence-electron chi connectivity index (χ4n) is 3.48. The van der Waals surface area contributed by atoms with Crippen molar-refractivity contribution in [1.29, 1.82) is 0 Å². The van der Waals surface area contributed by atoms with Gasteiger partial charge in [-0.15, -0.1) is 0 Å². The van der Waals surface area contributed by atoms with Crippen LogP contribution in [0.15, 0.2) is 21.8 Å². The summed E-state index contributed by atoms with van der Waals surface area (Å²) in [4.78, 5) is 11.7. The molecule has 3 rings (SSSR count). The average molecular weight is 364 g/mol. The van der Waals surface area contributed by atoms with Crippen LogP contribution in [-0.4, -0.2) is 98.4 Å². The fourth-order valence-corrected chi connectivity index (χ4v) is 3.48. The number of hydrogen-bond acceptors (Lipinski definition) is 6. The standard InChI is InChI=1S/C18H32N6O2/c1-19-18(20-5-2-3-6-22-11-14-25-15-12-22)24-9-7-23(8-10-24)16-17-4-13-26-21-17/h4,13H,2-3,5-12,14-16H2,1H3,(H,19,20). The number of piperazine rings is 1. The number of unbranched alkanes of at least 4 members (excludes halogenated alkanes) is 1. The summed E-state index contributed by atoms with van der Waals surface area (Å²) in [6, 6.07) is 1.93. The SMILES string of the molecule is CN=C(NCCCCN1CCOCC1)N1CCN(Cc2ccon2)CC1. The summed E-state index contributed by atoms with van der Waals surface area (Å²) >= 11 is 0. The molecule has 8 heteroatoms. The molecule has 1 aromatic rings. The van der Waals surface area contributed by atoms with Crippen LogP contribution in [0.5, 0.6) is 0 Å². The van der Waals surface area contributed by atoms with Crippen LogP contribution in [0.4, 0.5) is 0 Å². The zero-order valence-corrected chi connectivity index (χ0v) is 15.9. The summed E-state index contributed by atoms with van der Waals surface area (Å²) in [5, 5.41) is 7.52. The average Bonchev–Trinajstić information content (AvgIpc) is 3.19. The molecule has 0 aromatic carbocycles. The van der Waals surface area contributed by atoms with E-state index in [1.165, 1.54) is 19.4 Å². The van der Waals surface area contributed by atoms with E-state index < -0.39 is 0 Å². The largest absolute Gasteiger partial charge is 0.379 e. The number of guanidine groups is 1. The molecule has 0 bridgehead atoms. The highest BCUT2D eigenvalue weighted by atomic mass is 16.5. The Morgan fingerprint density at radius 3 is 2.62 bits per heavy atom. The minimum Gasteiger partial charge on any atom is -0.379 e. The first kappa shape index (κ1) is 19.1. The molecule has 0 saturated carbocycles. The molecule has 2 fully saturated rings. The van der Waals surface area contributed by atoms with Gasteiger partial charge >= 0.3 is 0 Å². The second kappa shape index (κ2) is 10.5. The lowest BCUT2D eigenvalue weighted by atomic mass is 10.2. The van der Waals surface area contributed by atoms with Crippen molar-refractivity contribution in [3.63, 3.8) is 0 Å². The second-order valence-corrected chi connectivity index (χ2v) is 6.89. The van der Waals surface area contributed by atoms with Crippen LogP contribution in [0.1, 0.15) is 18.5 Å². The van der Waals surface area contributed by atoms with Crippen molar-refractivity contribution in [3.05, 3.63) is 18.0 Å². The van der Waals surface area contributed by atoms with E-state index in [0.717, 1.165) is 77.2 Å². The summed E-state index contributed by atoms with van der Waals surface area (Å²) in [6.45, 7) is 11.0. The number of rotatable bonds is 7. The van der Waals surface area contributed by atoms with Gasteiger partial charge in [0, 0.05) is 65.5 Å². The second-order valence-electron chi connectivity index (χ2n) is 6.89. The number of nitrogens with one attached hydrogen (secondary N) is 1. The maximum Gasteiger partial charge on any atom is 0.193 e. The fraction of sp³-hybridized carbons (Fsp3) is 0.778. The van der Waals surface area contributed by atoms with Crippen molar-refractivity contribution < 1.29 is 9.26 Å². The van der Waals surface area contributed by atoms with E-state index in [2.05, 4.69) is 30.2 Å². The molecule has 0 atom stereocenters. The monoisotopic (exact) mass is 364 g/mol. The van der Waals surface area contributed by atoms with Gasteiger partial charge in [-0.1, -0.05) is 5.16 Å². The molecule has 0 radical (unpaired) electrons. The summed E-state index contributed by atoms with van der Waals surface area (Å²) in [5.74, 6) is 1.03. The van der Waals surface area contributed by atoms with Crippen LogP contribution < -0.4 is 5.32 Å². The Hall–Kier alpha value is -1.64. The zero-order chi connectivity index (χ0) is 18.0. The van der Waals surface area contributed by atoms with Crippen molar-refractivity contribution in [2.24, 2.45) is 4.99 Å². The van der Waals surface area contributed by atoms with E-state index in [-0.39, 0.29) is 0 Å². The Labute approximate surface area is 156 Å². The van der Waals surface area contributed by atoms with Gasteiger partial charge in [0.2, 0.25) is 0 Å². The molecule has 8 nitrogen and oxygen atoms in total. The molecule has 0 amide bonds. The molecular formula is C18H32N6O2. The number of aliphatic imine (C=N–C) groups is 1. The Morgan fingerprint density at radius 1 is 1.12 bits per heavy atom. The highest BCUT2D eigenvalue weighted by Gasteiger charge is 2.20. The first-order valence-corrected chi connectivity index (χ1v) is 9.72. The van der Waals surface area contributed by atoms with Crippen molar-refractivity contribution >= 4 is 5.96 Å². The van der Waals surface area contributed by atoms with E-state index in [4.69, 9.17) is 9.26 Å². The Morgan fingerprint density at radius 2 is 1.92 bits per heavy atom. The predicted octanol–water partition coefficient (Wildman–Crippen LogP) is 0.480. The van der Waals surface area contributed by atoms with E-state index in [9.17, 15) is 0 Å². The number of ether oxygens (including phenoxy) is 1. The summed E-state index contributed by atoms with van der Waals surface area (Å²) in [5.41, 5.74) is 1.00. The van der Waals surface area contributed by atoms with Gasteiger partial charge in [0.25, 0.3) is 0 Å². The first-order valence-electron chi connectivity index (χ1n) is 9.72. The lowest BCUT2D eigenvalue weighted by Crippen LogP contribution is -2.52. The van der Waals surface area contributed by atoms with E-state index in [0.29, 0.717) is 0 Å². The highest BCUT2D eigenvalue weighted by Crippen LogP contribution is 2.07. The van der Waals surface area contributed by atoms with Crippen molar-refractivity contribution in [1.82, 2.24) is 25.2 Å². The maximum absolute atomic E-state index is 5.39. The van der Waals surface area contributed by atoms with Gasteiger partial charge in [0.15, 0.2) is 5.96 Å². The summed E-state index contributed by atoms with van der Waals surface area (Å²) < 4.78 is 10.3. The van der Waals surface area contributed by atoms with Crippen LogP contribution in [0.25, 0.3) is 0 Å². The third kappa shape index (κ3) is 5.96. The number of morpholine rings is 1. The van der Waals surface area contributed by atoms with E-state index >= 15 is 0 Å². The van der Waals surface area contributed by atoms with Gasteiger partial charge in [-0.3, -0.25) is 14.8 Å². The van der Waals surface area contributed by atoms with Crippen LogP contribution in [0.3, 0.4) is 0 Å². The maximum atomic E-state index is 5.39. The molecule has 0 aliphatic carbocycles. The van der Waals surface area contributed by atoms with Crippen molar-refractivity contribution in [2.45, 2.75) is 19.4 Å². The third-order valence-electron chi connectivity index (χ3n) is 5.05. The first-order chi connectivity index (χ1) is 12.8. The third-order valence-corrected chi connectivity index (χ3v) is 5.05. The normalized spacial score (nSPS) is 20.5. The quantitative estimate of drug-likeness (QED) is 0.429. The molecule has 2 aliphatic rings. The molecule has 3 heterocycles. The minimum atomic E-state index is 0.859. The molecular weight excluding hydrogens is 332 g/mol. The molecule has 1 aromatic heterocycles. The Kier molecular flexibility index (Phi) is 7.72. The van der Waals surface area contributed by atoms with Crippen LogP contribution in [0, 0.1) is 0 Å². The van der Waals surface area contributed by atoms with Crippen LogP contribution in [0.2, 0.25) is 0 Å². The van der Waals surface area contributed by atoms with Gasteiger partial charge in [-0.25, -0.2) is 0 Å². The molecule has 1 N–H and O–H groups in total. The van der Waals surface area contributed by atoms with Crippen LogP contribution in [-0.2, 0) is 11.3 Å². The molecule has 2 saturated heterocycles. The molecule has 0 unspecified atom stereocenters. The van der Waals surface area contributed by atoms with E-state index in [1.807, 2.05) is 13.1 Å². The molecule has 26 heavy (non-hydrogen) atoms. The summed E-state index contributed by atoms with van der Waals surface area (Å²) in [7, 11) is 1.87. The Bertz CT molecular complexity index is 522. The minimum absolute atomic E-state index is 0.859.